The standard InChI is InChI=1S/C15H15B3F3NO6S/c1-7(23)22-13-9(4-17)2-8(3-16)12(10(13)5-18)14(24)28-11(15(19,20)21)6-29(25,26)27/h2,11H,3-6H2,1H3,(H,22,23)(H,25,26,27). The van der Waals surface area contributed by atoms with Crippen LogP contribution in [0.25, 0.3) is 0 Å². The number of hydrogen-bond donors (Lipinski definition) is 2. The molecule has 1 aromatic rings. The first-order valence-corrected chi connectivity index (χ1v) is 9.64. The van der Waals surface area contributed by atoms with Crippen LogP contribution in [0.2, 0.25) is 0 Å². The summed E-state index contributed by atoms with van der Waals surface area (Å²) in [5, 5.41) is 2.41. The second kappa shape index (κ2) is 9.70. The summed E-state index contributed by atoms with van der Waals surface area (Å²) >= 11 is 0. The number of amides is 1. The minimum absolute atomic E-state index is 0.0185. The minimum atomic E-state index is -5.28. The lowest BCUT2D eigenvalue weighted by Crippen LogP contribution is -2.40. The Labute approximate surface area is 169 Å². The molecule has 0 aliphatic heterocycles. The Hall–Kier alpha value is -1.95. The molecule has 29 heavy (non-hydrogen) atoms. The quantitative estimate of drug-likeness (QED) is 0.358. The van der Waals surface area contributed by atoms with Crippen LogP contribution >= 0.6 is 0 Å². The van der Waals surface area contributed by atoms with Gasteiger partial charge in [-0.3, -0.25) is 9.35 Å². The predicted molar refractivity (Wildman–Crippen MR) is 101 cm³/mol. The predicted octanol–water partition coefficient (Wildman–Crippen LogP) is 0.626. The zero-order valence-corrected chi connectivity index (χ0v) is 16.1. The molecule has 1 amide bonds. The van der Waals surface area contributed by atoms with Gasteiger partial charge in [0.25, 0.3) is 10.1 Å². The summed E-state index contributed by atoms with van der Waals surface area (Å²) in [6, 6.07) is 1.30. The monoisotopic (exact) mass is 427 g/mol. The summed E-state index contributed by atoms with van der Waals surface area (Å²) in [4.78, 5) is 24.0. The van der Waals surface area contributed by atoms with Crippen LogP contribution in [-0.2, 0) is 38.6 Å². The van der Waals surface area contributed by atoms with Crippen LogP contribution in [0, 0.1) is 0 Å². The summed E-state index contributed by atoms with van der Waals surface area (Å²) in [7, 11) is 11.7. The summed E-state index contributed by atoms with van der Waals surface area (Å²) in [6.45, 7) is 1.15. The van der Waals surface area contributed by atoms with Crippen LogP contribution in [0.4, 0.5) is 18.9 Å². The van der Waals surface area contributed by atoms with Gasteiger partial charge < -0.3 is 10.1 Å². The molecule has 1 rings (SSSR count). The van der Waals surface area contributed by atoms with Crippen LogP contribution in [0.3, 0.4) is 0 Å². The molecule has 0 fully saturated rings. The number of anilines is 1. The van der Waals surface area contributed by atoms with E-state index in [2.05, 4.69) is 10.1 Å². The molecule has 0 aliphatic carbocycles. The Balaban J connectivity index is 3.57. The fourth-order valence-corrected chi connectivity index (χ4v) is 3.19. The normalized spacial score (nSPS) is 13.0. The van der Waals surface area contributed by atoms with Crippen LogP contribution in [0.15, 0.2) is 6.07 Å². The molecule has 6 radical (unpaired) electrons. The largest absolute Gasteiger partial charge is 0.448 e. The van der Waals surface area contributed by atoms with Crippen LogP contribution in [-0.4, -0.2) is 66.4 Å². The maximum Gasteiger partial charge on any atom is 0.426 e. The maximum absolute atomic E-state index is 13.1. The first-order chi connectivity index (χ1) is 13.2. The second-order valence-corrected chi connectivity index (χ2v) is 7.40. The van der Waals surface area contributed by atoms with E-state index in [4.69, 9.17) is 28.1 Å². The highest BCUT2D eigenvalue weighted by Crippen LogP contribution is 2.32. The Morgan fingerprint density at radius 1 is 1.17 bits per heavy atom. The average molecular weight is 427 g/mol. The van der Waals surface area contributed by atoms with Crippen molar-refractivity contribution in [2.45, 2.75) is 38.2 Å². The number of alkyl halides is 3. The number of ether oxygens (including phenoxy) is 1. The fraction of sp³-hybridized carbons (Fsp3) is 0.467. The van der Waals surface area contributed by atoms with E-state index < -0.39 is 51.9 Å². The molecule has 1 atom stereocenters. The van der Waals surface area contributed by atoms with Crippen LogP contribution in [0.5, 0.6) is 0 Å². The van der Waals surface area contributed by atoms with Crippen molar-refractivity contribution < 1.29 is 40.5 Å². The molecular weight excluding hydrogens is 412 g/mol. The molecule has 2 N–H and O–H groups in total. The SMILES string of the molecule is [B]Cc1cc(C[B])c(C(=O)OC(CS(=O)(=O)O)C(F)(F)F)c(C[B])c1NC(C)=O. The van der Waals surface area contributed by atoms with Gasteiger partial charge in [0.1, 0.15) is 5.75 Å². The summed E-state index contributed by atoms with van der Waals surface area (Å²) in [5.74, 6) is -4.03. The Morgan fingerprint density at radius 3 is 2.10 bits per heavy atom. The van der Waals surface area contributed by atoms with Gasteiger partial charge in [0, 0.05) is 12.6 Å². The van der Waals surface area contributed by atoms with Crippen molar-refractivity contribution in [3.8, 4) is 0 Å². The molecule has 0 saturated heterocycles. The molecule has 0 spiro atoms. The summed E-state index contributed by atoms with van der Waals surface area (Å²) in [5.41, 5.74) is -0.173. The van der Waals surface area contributed by atoms with Crippen molar-refractivity contribution >= 4 is 51.2 Å². The molecule has 0 aliphatic rings. The van der Waals surface area contributed by atoms with Crippen LogP contribution in [0.1, 0.15) is 34.0 Å². The van der Waals surface area contributed by atoms with Gasteiger partial charge in [0.15, 0.2) is 0 Å². The molecule has 1 unspecified atom stereocenters. The molecule has 0 aromatic heterocycles. The van der Waals surface area contributed by atoms with Crippen molar-refractivity contribution in [2.75, 3.05) is 11.1 Å². The van der Waals surface area contributed by atoms with E-state index in [0.717, 1.165) is 6.92 Å². The number of halogens is 3. The minimum Gasteiger partial charge on any atom is -0.448 e. The molecule has 7 nitrogen and oxygen atoms in total. The third-order valence-corrected chi connectivity index (χ3v) is 4.44. The van der Waals surface area contributed by atoms with Crippen molar-refractivity contribution in [2.24, 2.45) is 0 Å². The van der Waals surface area contributed by atoms with Crippen molar-refractivity contribution in [1.29, 1.82) is 0 Å². The van der Waals surface area contributed by atoms with Gasteiger partial charge in [-0.2, -0.15) is 21.6 Å². The highest BCUT2D eigenvalue weighted by atomic mass is 32.2. The van der Waals surface area contributed by atoms with Crippen LogP contribution < -0.4 is 5.32 Å². The van der Waals surface area contributed by atoms with Gasteiger partial charge in [-0.1, -0.05) is 25.0 Å². The zero-order chi connectivity index (χ0) is 22.6. The van der Waals surface area contributed by atoms with Gasteiger partial charge in [-0.05, 0) is 16.7 Å². The van der Waals surface area contributed by atoms with Gasteiger partial charge in [-0.25, -0.2) is 4.79 Å². The molecule has 14 heteroatoms. The van der Waals surface area contributed by atoms with E-state index in [1.54, 1.807) is 0 Å². The van der Waals surface area contributed by atoms with Gasteiger partial charge in [0.05, 0.1) is 29.1 Å². The average Bonchev–Trinajstić information content (AvgIpc) is 2.57. The first kappa shape index (κ1) is 25.1. The molecule has 1 aromatic carbocycles. The van der Waals surface area contributed by atoms with E-state index in [1.807, 2.05) is 0 Å². The Bertz CT molecular complexity index is 892. The van der Waals surface area contributed by atoms with E-state index >= 15 is 0 Å². The number of rotatable bonds is 8. The molecule has 0 heterocycles. The second-order valence-electron chi connectivity index (χ2n) is 5.90. The molecule has 0 saturated carbocycles. The maximum atomic E-state index is 13.1. The van der Waals surface area contributed by atoms with Gasteiger partial charge in [0.2, 0.25) is 12.0 Å². The van der Waals surface area contributed by atoms with E-state index in [0.29, 0.717) is 5.56 Å². The number of hydrogen-bond acceptors (Lipinski definition) is 5. The highest BCUT2D eigenvalue weighted by molar-refractivity contribution is 7.85. The third-order valence-electron chi connectivity index (χ3n) is 3.72. The molecule has 0 bridgehead atoms. The smallest absolute Gasteiger partial charge is 0.426 e. The molecular formula is C15H15B3F3NO6S. The van der Waals surface area contributed by atoms with Crippen molar-refractivity contribution in [1.82, 2.24) is 0 Å². The lowest BCUT2D eigenvalue weighted by atomic mass is 9.80. The number of esters is 1. The Kier molecular flexibility index (Phi) is 8.40. The number of benzene rings is 1. The molecule has 152 valence electrons. The lowest BCUT2D eigenvalue weighted by molar-refractivity contribution is -0.197. The van der Waals surface area contributed by atoms with Crippen molar-refractivity contribution in [3.63, 3.8) is 0 Å². The lowest BCUT2D eigenvalue weighted by Gasteiger charge is -2.24. The summed E-state index contributed by atoms with van der Waals surface area (Å²) < 4.78 is 74.1. The van der Waals surface area contributed by atoms with E-state index in [1.165, 1.54) is 6.07 Å². The first-order valence-electron chi connectivity index (χ1n) is 8.03. The Morgan fingerprint density at radius 2 is 1.72 bits per heavy atom. The topological polar surface area (TPSA) is 110 Å². The highest BCUT2D eigenvalue weighted by Gasteiger charge is 2.46. The third kappa shape index (κ3) is 6.81. The zero-order valence-electron chi connectivity index (χ0n) is 15.2. The summed E-state index contributed by atoms with van der Waals surface area (Å²) in [6.07, 6.45) is -9.26. The number of carbonyl (C=O) groups excluding carboxylic acids is 2. The van der Waals surface area contributed by atoms with Gasteiger partial charge >= 0.3 is 12.1 Å². The number of nitrogens with one attached hydrogen (secondary N) is 1. The van der Waals surface area contributed by atoms with Crippen molar-refractivity contribution in [3.05, 3.63) is 28.3 Å². The van der Waals surface area contributed by atoms with E-state index in [-0.39, 0.29) is 29.5 Å². The van der Waals surface area contributed by atoms with E-state index in [9.17, 15) is 31.2 Å². The number of carbonyl (C=O) groups is 2. The van der Waals surface area contributed by atoms with Gasteiger partial charge in [-0.15, -0.1) is 0 Å². The fourth-order valence-electron chi connectivity index (χ4n) is 2.55.